The Morgan fingerprint density at radius 1 is 1.46 bits per heavy atom. The molecule has 1 aromatic rings. The molecule has 1 fully saturated rings. The van der Waals surface area contributed by atoms with E-state index in [0.717, 1.165) is 12.8 Å². The zero-order chi connectivity index (χ0) is 9.84. The zero-order valence-corrected chi connectivity index (χ0v) is 8.20. The van der Waals surface area contributed by atoms with Gasteiger partial charge in [0.25, 0.3) is 0 Å². The third-order valence-electron chi connectivity index (χ3n) is 1.68. The van der Waals surface area contributed by atoms with Gasteiger partial charge in [-0.3, -0.25) is 4.79 Å². The fraction of sp³-hybridized carbons (Fsp3) is 0.667. The molecule has 13 heavy (non-hydrogen) atoms. The molecule has 1 aromatic heterocycles. The minimum absolute atomic E-state index is 0.138. The van der Waals surface area contributed by atoms with E-state index in [4.69, 9.17) is 4.52 Å². The number of Topliss-reactive ketones (excluding diaryl/α,β-unsaturated/α-hetero) is 1. The lowest BCUT2D eigenvalue weighted by atomic mass is 10.4. The molecule has 72 valence electrons. The molecule has 0 atom stereocenters. The first-order chi connectivity index (χ1) is 6.27. The average molecular weight is 182 g/mol. The Labute approximate surface area is 77.3 Å². The fourth-order valence-electron chi connectivity index (χ4n) is 0.874. The van der Waals surface area contributed by atoms with Crippen molar-refractivity contribution >= 4 is 5.78 Å². The van der Waals surface area contributed by atoms with E-state index < -0.39 is 0 Å². The summed E-state index contributed by atoms with van der Waals surface area (Å²) in [5.74, 6) is 1.11. The quantitative estimate of drug-likeness (QED) is 0.658. The molecule has 2 rings (SSSR count). The van der Waals surface area contributed by atoms with Crippen molar-refractivity contribution in [2.45, 2.75) is 39.5 Å². The maximum absolute atomic E-state index is 10.7. The predicted molar refractivity (Wildman–Crippen MR) is 47.6 cm³/mol. The highest BCUT2D eigenvalue weighted by molar-refractivity contribution is 5.89. The molecule has 0 N–H and O–H groups in total. The van der Waals surface area contributed by atoms with Gasteiger partial charge in [-0.25, -0.2) is 0 Å². The van der Waals surface area contributed by atoms with E-state index in [9.17, 15) is 4.79 Å². The van der Waals surface area contributed by atoms with Crippen LogP contribution in [0, 0.1) is 0 Å². The molecule has 1 aliphatic carbocycles. The second kappa shape index (κ2) is 4.16. The Morgan fingerprint density at radius 3 is 2.46 bits per heavy atom. The van der Waals surface area contributed by atoms with Crippen LogP contribution in [-0.2, 0) is 0 Å². The van der Waals surface area contributed by atoms with Crippen molar-refractivity contribution in [2.75, 3.05) is 0 Å². The molecule has 0 saturated heterocycles. The molecular formula is C9H14N2O2. The first kappa shape index (κ1) is 9.89. The van der Waals surface area contributed by atoms with Gasteiger partial charge in [-0.05, 0) is 12.8 Å². The minimum atomic E-state index is -0.138. The van der Waals surface area contributed by atoms with Crippen LogP contribution in [0.3, 0.4) is 0 Å². The summed E-state index contributed by atoms with van der Waals surface area (Å²) in [5, 5.41) is 3.54. The van der Waals surface area contributed by atoms with Gasteiger partial charge in [-0.1, -0.05) is 19.0 Å². The Kier molecular flexibility index (Phi) is 3.17. The van der Waals surface area contributed by atoms with Crippen LogP contribution in [0.5, 0.6) is 0 Å². The van der Waals surface area contributed by atoms with Gasteiger partial charge in [0.2, 0.25) is 17.5 Å². The molecule has 0 aliphatic heterocycles. The van der Waals surface area contributed by atoms with Crippen molar-refractivity contribution in [3.63, 3.8) is 0 Å². The molecule has 0 radical (unpaired) electrons. The molecule has 1 saturated carbocycles. The maximum atomic E-state index is 10.7. The Balaban J connectivity index is 0.000000396. The standard InChI is InChI=1S/C7H8N2O2.C2H6/c1-4(10)6-8-7(11-9-6)5-2-3-5;1-2/h5H,2-3H2,1H3;1-2H3. The number of carbonyl (C=O) groups excluding carboxylic acids is 1. The summed E-state index contributed by atoms with van der Waals surface area (Å²) < 4.78 is 4.87. The van der Waals surface area contributed by atoms with Crippen LogP contribution in [-0.4, -0.2) is 15.9 Å². The number of rotatable bonds is 2. The van der Waals surface area contributed by atoms with E-state index in [1.165, 1.54) is 6.92 Å². The summed E-state index contributed by atoms with van der Waals surface area (Å²) in [7, 11) is 0. The van der Waals surface area contributed by atoms with Crippen molar-refractivity contribution in [1.29, 1.82) is 0 Å². The van der Waals surface area contributed by atoms with Gasteiger partial charge in [0.1, 0.15) is 0 Å². The van der Waals surface area contributed by atoms with Crippen molar-refractivity contribution in [2.24, 2.45) is 0 Å². The van der Waals surface area contributed by atoms with E-state index >= 15 is 0 Å². The predicted octanol–water partition coefficient (Wildman–Crippen LogP) is 2.18. The molecule has 4 heteroatoms. The van der Waals surface area contributed by atoms with Crippen LogP contribution >= 0.6 is 0 Å². The number of aromatic nitrogens is 2. The number of hydrogen-bond donors (Lipinski definition) is 0. The van der Waals surface area contributed by atoms with Crippen LogP contribution in [0.4, 0.5) is 0 Å². The molecule has 0 spiro atoms. The smallest absolute Gasteiger partial charge is 0.238 e. The molecule has 0 amide bonds. The molecule has 4 nitrogen and oxygen atoms in total. The zero-order valence-electron chi connectivity index (χ0n) is 8.20. The van der Waals surface area contributed by atoms with Gasteiger partial charge in [-0.15, -0.1) is 0 Å². The summed E-state index contributed by atoms with van der Waals surface area (Å²) in [6.07, 6.45) is 2.22. The lowest BCUT2D eigenvalue weighted by molar-refractivity contribution is 0.100. The summed E-state index contributed by atoms with van der Waals surface area (Å²) in [6.45, 7) is 5.43. The van der Waals surface area contributed by atoms with Gasteiger partial charge < -0.3 is 4.52 Å². The normalized spacial score (nSPS) is 14.7. The lowest BCUT2D eigenvalue weighted by Crippen LogP contribution is -1.94. The molecule has 1 aliphatic rings. The third kappa shape index (κ3) is 2.37. The first-order valence-corrected chi connectivity index (χ1v) is 4.62. The monoisotopic (exact) mass is 182 g/mol. The Hall–Kier alpha value is -1.19. The summed E-state index contributed by atoms with van der Waals surface area (Å²) >= 11 is 0. The van der Waals surface area contributed by atoms with Crippen LogP contribution in [0.2, 0.25) is 0 Å². The summed E-state index contributed by atoms with van der Waals surface area (Å²) in [5.41, 5.74) is 0. The van der Waals surface area contributed by atoms with Crippen LogP contribution in [0.1, 0.15) is 56.0 Å². The first-order valence-electron chi connectivity index (χ1n) is 4.62. The molecule has 0 bridgehead atoms. The van der Waals surface area contributed by atoms with Crippen LogP contribution in [0.15, 0.2) is 4.52 Å². The van der Waals surface area contributed by atoms with Crippen LogP contribution < -0.4 is 0 Å². The van der Waals surface area contributed by atoms with Gasteiger partial charge >= 0.3 is 0 Å². The summed E-state index contributed by atoms with van der Waals surface area (Å²) in [6, 6.07) is 0. The van der Waals surface area contributed by atoms with E-state index in [-0.39, 0.29) is 11.6 Å². The molecular weight excluding hydrogens is 168 g/mol. The average Bonchev–Trinajstić information content (AvgIpc) is 2.87. The van der Waals surface area contributed by atoms with Crippen molar-refractivity contribution in [3.8, 4) is 0 Å². The van der Waals surface area contributed by atoms with Crippen molar-refractivity contribution in [1.82, 2.24) is 10.1 Å². The minimum Gasteiger partial charge on any atom is -0.339 e. The molecule has 0 unspecified atom stereocenters. The number of carbonyl (C=O) groups is 1. The third-order valence-corrected chi connectivity index (χ3v) is 1.68. The highest BCUT2D eigenvalue weighted by Crippen LogP contribution is 2.38. The number of ketones is 1. The topological polar surface area (TPSA) is 56.0 Å². The molecule has 0 aromatic carbocycles. The van der Waals surface area contributed by atoms with Gasteiger partial charge in [0, 0.05) is 12.8 Å². The van der Waals surface area contributed by atoms with Crippen molar-refractivity contribution < 1.29 is 9.32 Å². The number of nitrogens with zero attached hydrogens (tertiary/aromatic N) is 2. The fourth-order valence-corrected chi connectivity index (χ4v) is 0.874. The van der Waals surface area contributed by atoms with Gasteiger partial charge in [0.15, 0.2) is 0 Å². The largest absolute Gasteiger partial charge is 0.339 e. The highest BCUT2D eigenvalue weighted by Gasteiger charge is 2.29. The van der Waals surface area contributed by atoms with Crippen molar-refractivity contribution in [3.05, 3.63) is 11.7 Å². The van der Waals surface area contributed by atoms with E-state index in [0.29, 0.717) is 11.8 Å². The summed E-state index contributed by atoms with van der Waals surface area (Å²) in [4.78, 5) is 14.7. The van der Waals surface area contributed by atoms with Gasteiger partial charge in [0.05, 0.1) is 0 Å². The Bertz CT molecular complexity index is 290. The van der Waals surface area contributed by atoms with Crippen LogP contribution in [0.25, 0.3) is 0 Å². The Morgan fingerprint density at radius 2 is 2.08 bits per heavy atom. The van der Waals surface area contributed by atoms with E-state index in [2.05, 4.69) is 10.1 Å². The lowest BCUT2D eigenvalue weighted by Gasteiger charge is -1.79. The second-order valence-corrected chi connectivity index (χ2v) is 2.79. The van der Waals surface area contributed by atoms with E-state index in [1.807, 2.05) is 13.8 Å². The second-order valence-electron chi connectivity index (χ2n) is 2.79. The van der Waals surface area contributed by atoms with E-state index in [1.54, 1.807) is 0 Å². The maximum Gasteiger partial charge on any atom is 0.238 e. The highest BCUT2D eigenvalue weighted by atomic mass is 16.5. The SMILES string of the molecule is CC.CC(=O)c1noc(C2CC2)n1. The van der Waals surface area contributed by atoms with Gasteiger partial charge in [-0.2, -0.15) is 4.98 Å². The number of hydrogen-bond acceptors (Lipinski definition) is 4. The molecule has 1 heterocycles.